The summed E-state index contributed by atoms with van der Waals surface area (Å²) < 4.78 is 0. The molecule has 1 aromatic rings. The third-order valence-electron chi connectivity index (χ3n) is 1.61. The molecule has 0 aliphatic carbocycles. The van der Waals surface area contributed by atoms with Crippen LogP contribution in [0.4, 0.5) is 5.69 Å². The van der Waals surface area contributed by atoms with Crippen LogP contribution in [-0.4, -0.2) is 11.1 Å². The lowest BCUT2D eigenvalue weighted by Gasteiger charge is -2.04. The molecular weight excluding hydrogens is 174 g/mol. The van der Waals surface area contributed by atoms with E-state index in [9.17, 15) is 4.79 Å². The van der Waals surface area contributed by atoms with Crippen molar-refractivity contribution in [3.05, 3.63) is 23.3 Å². The topological polar surface area (TPSA) is 63.3 Å². The number of hydrogen-bond acceptors (Lipinski definition) is 3. The zero-order chi connectivity index (χ0) is 9.30. The van der Waals surface area contributed by atoms with Crippen LogP contribution in [0.25, 0.3) is 0 Å². The van der Waals surface area contributed by atoms with Crippen LogP contribution in [0.1, 0.15) is 15.9 Å². The van der Waals surface area contributed by atoms with E-state index in [0.29, 0.717) is 10.6 Å². The summed E-state index contributed by atoms with van der Waals surface area (Å²) >= 11 is 4.02. The van der Waals surface area contributed by atoms with Crippen molar-refractivity contribution in [3.63, 3.8) is 0 Å². The molecule has 0 atom stereocenters. The third kappa shape index (κ3) is 1.53. The highest BCUT2D eigenvalue weighted by molar-refractivity contribution is 7.80. The number of carboxylic acid groups (broad SMARTS) is 1. The van der Waals surface area contributed by atoms with Crippen LogP contribution in [-0.2, 0) is 0 Å². The summed E-state index contributed by atoms with van der Waals surface area (Å²) in [6, 6.07) is 3.06. The molecule has 0 aliphatic heterocycles. The highest BCUT2D eigenvalue weighted by atomic mass is 32.1. The average molecular weight is 183 g/mol. The first kappa shape index (κ1) is 8.93. The Bertz CT molecular complexity index is 336. The van der Waals surface area contributed by atoms with Gasteiger partial charge < -0.3 is 10.8 Å². The summed E-state index contributed by atoms with van der Waals surface area (Å²) in [5.41, 5.74) is 6.99. The molecule has 0 fully saturated rings. The molecule has 0 spiro atoms. The molecule has 0 heterocycles. The first-order valence-corrected chi connectivity index (χ1v) is 3.79. The summed E-state index contributed by atoms with van der Waals surface area (Å²) in [6.45, 7) is 1.81. The van der Waals surface area contributed by atoms with E-state index in [1.165, 1.54) is 6.07 Å². The second-order valence-corrected chi connectivity index (χ2v) is 3.01. The van der Waals surface area contributed by atoms with Gasteiger partial charge in [-0.3, -0.25) is 0 Å². The van der Waals surface area contributed by atoms with Gasteiger partial charge in [-0.15, -0.1) is 12.6 Å². The molecule has 3 nitrogen and oxygen atoms in total. The number of aryl methyl sites for hydroxylation is 1. The van der Waals surface area contributed by atoms with Crippen LogP contribution in [0, 0.1) is 6.92 Å². The molecule has 0 amide bonds. The predicted molar refractivity (Wildman–Crippen MR) is 49.8 cm³/mol. The van der Waals surface area contributed by atoms with E-state index in [-0.39, 0.29) is 5.56 Å². The van der Waals surface area contributed by atoms with Crippen LogP contribution in [0.15, 0.2) is 17.0 Å². The van der Waals surface area contributed by atoms with Gasteiger partial charge in [-0.2, -0.15) is 0 Å². The number of carbonyl (C=O) groups is 1. The number of benzene rings is 1. The van der Waals surface area contributed by atoms with Crippen LogP contribution in [0.2, 0.25) is 0 Å². The molecular formula is C8H9NO2S. The Labute approximate surface area is 75.6 Å². The number of anilines is 1. The van der Waals surface area contributed by atoms with Gasteiger partial charge in [-0.1, -0.05) is 0 Å². The number of thiol groups is 1. The number of hydrogen-bond donors (Lipinski definition) is 3. The smallest absolute Gasteiger partial charge is 0.336 e. The van der Waals surface area contributed by atoms with Crippen molar-refractivity contribution >= 4 is 24.3 Å². The number of nitrogen functional groups attached to an aromatic ring is 1. The highest BCUT2D eigenvalue weighted by Crippen LogP contribution is 2.21. The van der Waals surface area contributed by atoms with E-state index >= 15 is 0 Å². The van der Waals surface area contributed by atoms with Gasteiger partial charge in [0.25, 0.3) is 0 Å². The fraction of sp³-hybridized carbons (Fsp3) is 0.125. The first-order chi connectivity index (χ1) is 5.52. The van der Waals surface area contributed by atoms with Crippen molar-refractivity contribution in [2.45, 2.75) is 11.8 Å². The van der Waals surface area contributed by atoms with Gasteiger partial charge in [0.1, 0.15) is 0 Å². The Balaban J connectivity index is 3.33. The van der Waals surface area contributed by atoms with Crippen molar-refractivity contribution in [2.24, 2.45) is 0 Å². The molecule has 0 saturated heterocycles. The second kappa shape index (κ2) is 3.06. The Morgan fingerprint density at radius 1 is 1.58 bits per heavy atom. The van der Waals surface area contributed by atoms with E-state index in [2.05, 4.69) is 12.6 Å². The van der Waals surface area contributed by atoms with E-state index in [0.717, 1.165) is 5.56 Å². The first-order valence-electron chi connectivity index (χ1n) is 3.34. The van der Waals surface area contributed by atoms with Gasteiger partial charge in [0, 0.05) is 10.6 Å². The number of carboxylic acids is 1. The van der Waals surface area contributed by atoms with Crippen molar-refractivity contribution in [1.82, 2.24) is 0 Å². The van der Waals surface area contributed by atoms with E-state index in [1.54, 1.807) is 13.0 Å². The minimum absolute atomic E-state index is 0.140. The Morgan fingerprint density at radius 2 is 2.17 bits per heavy atom. The molecule has 1 rings (SSSR count). The van der Waals surface area contributed by atoms with Gasteiger partial charge in [-0.25, -0.2) is 4.79 Å². The summed E-state index contributed by atoms with van der Waals surface area (Å²) in [7, 11) is 0. The standard InChI is InChI=1S/C8H9NO2S/c1-4-2-7(12)5(8(10)11)3-6(4)9/h2-3,12H,9H2,1H3,(H,10,11). The minimum atomic E-state index is -1.01. The molecule has 1 aromatic carbocycles. The monoisotopic (exact) mass is 183 g/mol. The van der Waals surface area contributed by atoms with Crippen LogP contribution in [0.5, 0.6) is 0 Å². The minimum Gasteiger partial charge on any atom is -0.478 e. The molecule has 0 aromatic heterocycles. The van der Waals surface area contributed by atoms with Crippen LogP contribution >= 0.6 is 12.6 Å². The summed E-state index contributed by atoms with van der Waals surface area (Å²) in [5, 5.41) is 8.68. The molecule has 4 heteroatoms. The second-order valence-electron chi connectivity index (χ2n) is 2.53. The molecule has 3 N–H and O–H groups in total. The summed E-state index contributed by atoms with van der Waals surface area (Å²) in [4.78, 5) is 11.0. The Morgan fingerprint density at radius 3 is 2.67 bits per heavy atom. The van der Waals surface area contributed by atoms with E-state index in [1.807, 2.05) is 0 Å². The molecule has 0 radical (unpaired) electrons. The fourth-order valence-corrected chi connectivity index (χ4v) is 1.23. The zero-order valence-electron chi connectivity index (χ0n) is 6.53. The number of rotatable bonds is 1. The third-order valence-corrected chi connectivity index (χ3v) is 1.98. The molecule has 0 aliphatic rings. The van der Waals surface area contributed by atoms with E-state index in [4.69, 9.17) is 10.8 Å². The number of aromatic carboxylic acids is 1. The fourth-order valence-electron chi connectivity index (χ4n) is 0.881. The summed E-state index contributed by atoms with van der Waals surface area (Å²) in [5.74, 6) is -1.01. The Kier molecular flexibility index (Phi) is 2.28. The molecule has 0 saturated carbocycles. The van der Waals surface area contributed by atoms with Gasteiger partial charge in [0.05, 0.1) is 5.56 Å². The summed E-state index contributed by atoms with van der Waals surface area (Å²) in [6.07, 6.45) is 0. The van der Waals surface area contributed by atoms with Crippen molar-refractivity contribution in [1.29, 1.82) is 0 Å². The molecule has 12 heavy (non-hydrogen) atoms. The van der Waals surface area contributed by atoms with Gasteiger partial charge >= 0.3 is 5.97 Å². The van der Waals surface area contributed by atoms with Crippen LogP contribution < -0.4 is 5.73 Å². The number of nitrogens with two attached hydrogens (primary N) is 1. The normalized spacial score (nSPS) is 9.83. The lowest BCUT2D eigenvalue weighted by atomic mass is 10.1. The SMILES string of the molecule is Cc1cc(S)c(C(=O)O)cc1N. The van der Waals surface area contributed by atoms with Gasteiger partial charge in [0.15, 0.2) is 0 Å². The quantitative estimate of drug-likeness (QED) is 0.457. The predicted octanol–water partition coefficient (Wildman–Crippen LogP) is 1.56. The van der Waals surface area contributed by atoms with Crippen molar-refractivity contribution in [3.8, 4) is 0 Å². The molecule has 0 unspecified atom stereocenters. The van der Waals surface area contributed by atoms with E-state index < -0.39 is 5.97 Å². The maximum Gasteiger partial charge on any atom is 0.336 e. The van der Waals surface area contributed by atoms with Gasteiger partial charge in [0.2, 0.25) is 0 Å². The maximum atomic E-state index is 10.6. The Hall–Kier alpha value is -1.16. The maximum absolute atomic E-state index is 10.6. The lowest BCUT2D eigenvalue weighted by Crippen LogP contribution is -2.01. The van der Waals surface area contributed by atoms with Crippen molar-refractivity contribution < 1.29 is 9.90 Å². The molecule has 0 bridgehead atoms. The highest BCUT2D eigenvalue weighted by Gasteiger charge is 2.08. The van der Waals surface area contributed by atoms with Gasteiger partial charge in [-0.05, 0) is 24.6 Å². The van der Waals surface area contributed by atoms with Crippen molar-refractivity contribution in [2.75, 3.05) is 5.73 Å². The zero-order valence-corrected chi connectivity index (χ0v) is 7.43. The van der Waals surface area contributed by atoms with Crippen LogP contribution in [0.3, 0.4) is 0 Å². The molecule has 64 valence electrons. The lowest BCUT2D eigenvalue weighted by molar-refractivity contribution is 0.0693. The average Bonchev–Trinajstić information content (AvgIpc) is 1.96. The largest absolute Gasteiger partial charge is 0.478 e.